The molecular formula is C17H18N4O6. The van der Waals surface area contributed by atoms with Crippen LogP contribution in [0.1, 0.15) is 29.4 Å². The van der Waals surface area contributed by atoms with Gasteiger partial charge in [0.05, 0.1) is 4.92 Å². The first-order valence-electron chi connectivity index (χ1n) is 8.12. The van der Waals surface area contributed by atoms with Gasteiger partial charge in [0.15, 0.2) is 12.3 Å². The van der Waals surface area contributed by atoms with Gasteiger partial charge in [-0.15, -0.1) is 0 Å². The van der Waals surface area contributed by atoms with Gasteiger partial charge in [-0.25, -0.2) is 9.48 Å². The Hall–Kier alpha value is -3.56. The number of nitrogens with zero attached hydrogens (tertiary/aromatic N) is 3. The topological polar surface area (TPSA) is 133 Å². The number of aromatic nitrogens is 2. The molecule has 0 saturated carbocycles. The number of esters is 1. The van der Waals surface area contributed by atoms with Gasteiger partial charge in [-0.1, -0.05) is 19.1 Å². The lowest BCUT2D eigenvalue weighted by Crippen LogP contribution is -2.26. The van der Waals surface area contributed by atoms with Crippen molar-refractivity contribution in [1.82, 2.24) is 9.78 Å². The number of aryl methyl sites for hydroxylation is 2. The fraction of sp³-hybridized carbons (Fsp3) is 0.294. The van der Waals surface area contributed by atoms with E-state index in [4.69, 9.17) is 4.74 Å². The van der Waals surface area contributed by atoms with E-state index in [1.54, 1.807) is 13.0 Å². The number of rotatable bonds is 7. The molecule has 0 aliphatic heterocycles. The van der Waals surface area contributed by atoms with Crippen molar-refractivity contribution in [3.8, 4) is 0 Å². The molecule has 1 aromatic heterocycles. The first kappa shape index (κ1) is 19.8. The monoisotopic (exact) mass is 374 g/mol. The molecule has 0 aliphatic carbocycles. The lowest BCUT2D eigenvalue weighted by molar-refractivity contribution is -0.384. The molecule has 10 heteroatoms. The summed E-state index contributed by atoms with van der Waals surface area (Å²) in [6, 6.07) is 6.77. The molecule has 2 aromatic rings. The Kier molecular flexibility index (Phi) is 6.36. The van der Waals surface area contributed by atoms with Crippen LogP contribution in [0.2, 0.25) is 0 Å². The number of ether oxygens (including phenoxy) is 1. The molecule has 142 valence electrons. The van der Waals surface area contributed by atoms with Crippen LogP contribution in [0.4, 0.5) is 11.4 Å². The Morgan fingerprint density at radius 3 is 2.70 bits per heavy atom. The fourth-order valence-corrected chi connectivity index (χ4v) is 2.28. The molecule has 0 atom stereocenters. The van der Waals surface area contributed by atoms with Crippen LogP contribution in [0, 0.1) is 17.0 Å². The largest absolute Gasteiger partial charge is 0.451 e. The molecule has 1 heterocycles. The Morgan fingerprint density at radius 2 is 2.04 bits per heavy atom. The Morgan fingerprint density at radius 1 is 1.30 bits per heavy atom. The summed E-state index contributed by atoms with van der Waals surface area (Å²) in [7, 11) is 0. The van der Waals surface area contributed by atoms with Crippen molar-refractivity contribution in [2.24, 2.45) is 0 Å². The van der Waals surface area contributed by atoms with Gasteiger partial charge in [0.2, 0.25) is 0 Å². The van der Waals surface area contributed by atoms with E-state index in [2.05, 4.69) is 10.4 Å². The van der Waals surface area contributed by atoms with Crippen LogP contribution in [0.15, 0.2) is 35.1 Å². The third kappa shape index (κ3) is 4.97. The highest BCUT2D eigenvalue weighted by molar-refractivity contribution is 5.97. The van der Waals surface area contributed by atoms with Crippen molar-refractivity contribution in [3.05, 3.63) is 62.1 Å². The zero-order valence-corrected chi connectivity index (χ0v) is 14.8. The molecule has 1 amide bonds. The van der Waals surface area contributed by atoms with Crippen molar-refractivity contribution in [3.63, 3.8) is 0 Å². The second-order valence-electron chi connectivity index (χ2n) is 5.63. The number of carbonyl (C=O) groups is 2. The number of para-hydroxylation sites is 1. The first-order chi connectivity index (χ1) is 12.8. The van der Waals surface area contributed by atoms with Crippen LogP contribution in [0.5, 0.6) is 0 Å². The van der Waals surface area contributed by atoms with Gasteiger partial charge >= 0.3 is 5.97 Å². The van der Waals surface area contributed by atoms with E-state index < -0.39 is 23.4 Å². The number of hydrogen-bond donors (Lipinski definition) is 1. The smallest absolute Gasteiger partial charge is 0.359 e. The molecule has 0 radical (unpaired) electrons. The highest BCUT2D eigenvalue weighted by atomic mass is 16.6. The number of carbonyl (C=O) groups excluding carboxylic acids is 2. The van der Waals surface area contributed by atoms with Crippen LogP contribution in [-0.2, 0) is 16.1 Å². The van der Waals surface area contributed by atoms with Crippen molar-refractivity contribution >= 4 is 23.3 Å². The third-order valence-electron chi connectivity index (χ3n) is 3.56. The fourth-order valence-electron chi connectivity index (χ4n) is 2.28. The minimum absolute atomic E-state index is 0.0400. The van der Waals surface area contributed by atoms with Gasteiger partial charge < -0.3 is 10.1 Å². The highest BCUT2D eigenvalue weighted by Gasteiger charge is 2.19. The zero-order valence-electron chi connectivity index (χ0n) is 14.8. The summed E-state index contributed by atoms with van der Waals surface area (Å²) < 4.78 is 6.01. The maximum atomic E-state index is 12.0. The maximum Gasteiger partial charge on any atom is 0.359 e. The highest BCUT2D eigenvalue weighted by Crippen LogP contribution is 2.27. The number of nitrogens with one attached hydrogen (secondary N) is 1. The minimum atomic E-state index is -0.880. The van der Waals surface area contributed by atoms with Gasteiger partial charge in [-0.2, -0.15) is 5.10 Å². The number of nitro benzene ring substituents is 1. The van der Waals surface area contributed by atoms with E-state index in [9.17, 15) is 24.5 Å². The van der Waals surface area contributed by atoms with E-state index in [1.165, 1.54) is 24.3 Å². The van der Waals surface area contributed by atoms with E-state index in [0.717, 1.165) is 4.68 Å². The Balaban J connectivity index is 2.04. The minimum Gasteiger partial charge on any atom is -0.451 e. The SMILES string of the molecule is CCCn1nc(C(=O)OCC(=O)Nc2c(C)cccc2[N+](=O)[O-])ccc1=O. The quantitative estimate of drug-likeness (QED) is 0.442. The van der Waals surface area contributed by atoms with Crippen molar-refractivity contribution in [2.45, 2.75) is 26.8 Å². The maximum absolute atomic E-state index is 12.0. The standard InChI is InChI=1S/C17H18N4O6/c1-3-9-20-15(23)8-7-12(19-20)17(24)27-10-14(22)18-16-11(2)5-4-6-13(16)21(25)26/h4-8H,3,9-10H2,1-2H3,(H,18,22). The summed E-state index contributed by atoms with van der Waals surface area (Å²) in [5.74, 6) is -1.61. The van der Waals surface area contributed by atoms with Crippen LogP contribution >= 0.6 is 0 Å². The van der Waals surface area contributed by atoms with E-state index in [1.807, 2.05) is 6.92 Å². The lowest BCUT2D eigenvalue weighted by Gasteiger charge is -2.09. The predicted molar refractivity (Wildman–Crippen MR) is 95.5 cm³/mol. The van der Waals surface area contributed by atoms with E-state index in [-0.39, 0.29) is 22.6 Å². The van der Waals surface area contributed by atoms with Crippen LogP contribution in [0.25, 0.3) is 0 Å². The Bertz CT molecular complexity index is 937. The summed E-state index contributed by atoms with van der Waals surface area (Å²) in [6.45, 7) is 3.15. The summed E-state index contributed by atoms with van der Waals surface area (Å²) >= 11 is 0. The lowest BCUT2D eigenvalue weighted by atomic mass is 10.1. The Labute approximate surface area is 153 Å². The number of benzene rings is 1. The average molecular weight is 374 g/mol. The van der Waals surface area contributed by atoms with Gasteiger partial charge in [-0.3, -0.25) is 19.7 Å². The number of nitro groups is 1. The van der Waals surface area contributed by atoms with Crippen molar-refractivity contribution in [2.75, 3.05) is 11.9 Å². The van der Waals surface area contributed by atoms with Crippen LogP contribution in [0.3, 0.4) is 0 Å². The van der Waals surface area contributed by atoms with Crippen molar-refractivity contribution < 1.29 is 19.2 Å². The van der Waals surface area contributed by atoms with Crippen LogP contribution < -0.4 is 10.9 Å². The number of hydrogen-bond acceptors (Lipinski definition) is 7. The molecule has 0 saturated heterocycles. The molecule has 27 heavy (non-hydrogen) atoms. The molecular weight excluding hydrogens is 356 g/mol. The summed E-state index contributed by atoms with van der Waals surface area (Å²) in [5, 5.41) is 17.3. The van der Waals surface area contributed by atoms with Gasteiger partial charge in [0.1, 0.15) is 5.69 Å². The molecule has 0 spiro atoms. The third-order valence-corrected chi connectivity index (χ3v) is 3.56. The summed E-state index contributed by atoms with van der Waals surface area (Å²) in [6.07, 6.45) is 0.656. The average Bonchev–Trinajstić information content (AvgIpc) is 2.63. The molecule has 1 aromatic carbocycles. The number of anilines is 1. The second-order valence-corrected chi connectivity index (χ2v) is 5.63. The molecule has 10 nitrogen and oxygen atoms in total. The molecule has 0 aliphatic rings. The normalized spacial score (nSPS) is 10.3. The summed E-state index contributed by atoms with van der Waals surface area (Å²) in [5.41, 5.74) is -0.186. The van der Waals surface area contributed by atoms with Crippen molar-refractivity contribution in [1.29, 1.82) is 0 Å². The summed E-state index contributed by atoms with van der Waals surface area (Å²) in [4.78, 5) is 46.1. The van der Waals surface area contributed by atoms with Gasteiger partial charge in [0.25, 0.3) is 17.2 Å². The number of amides is 1. The predicted octanol–water partition coefficient (Wildman–Crippen LogP) is 1.67. The van der Waals surface area contributed by atoms with Gasteiger partial charge in [-0.05, 0) is 25.0 Å². The first-order valence-corrected chi connectivity index (χ1v) is 8.12. The molecule has 0 bridgehead atoms. The second kappa shape index (κ2) is 8.70. The van der Waals surface area contributed by atoms with Crippen LogP contribution in [-0.4, -0.2) is 33.2 Å². The zero-order chi connectivity index (χ0) is 20.0. The molecule has 0 fully saturated rings. The molecule has 0 unspecified atom stereocenters. The molecule has 1 N–H and O–H groups in total. The van der Waals surface area contributed by atoms with Gasteiger partial charge in [0, 0.05) is 18.7 Å². The van der Waals surface area contributed by atoms with E-state index in [0.29, 0.717) is 18.5 Å². The van der Waals surface area contributed by atoms with E-state index >= 15 is 0 Å². The molecule has 2 rings (SSSR count).